The predicted molar refractivity (Wildman–Crippen MR) is 99.6 cm³/mol. The molecule has 1 aliphatic carbocycles. The van der Waals surface area contributed by atoms with E-state index in [2.05, 4.69) is 15.2 Å². The number of hydrogen-bond donors (Lipinski definition) is 0. The SMILES string of the molecule is [C-]#[N+]C1(c2ccc(N3C[C@H](Cn4cc(C(=O)N(C)C)nn4)OC3=O)cc2)CC1. The van der Waals surface area contributed by atoms with Crippen molar-refractivity contribution in [3.8, 4) is 0 Å². The fraction of sp³-hybridized carbons (Fsp3) is 0.421. The van der Waals surface area contributed by atoms with Crippen LogP contribution in [0.5, 0.6) is 0 Å². The minimum atomic E-state index is -0.422. The van der Waals surface area contributed by atoms with E-state index in [-0.39, 0.29) is 17.1 Å². The third-order valence-electron chi connectivity index (χ3n) is 5.08. The highest BCUT2D eigenvalue weighted by molar-refractivity contribution is 5.91. The molecule has 144 valence electrons. The highest BCUT2D eigenvalue weighted by Crippen LogP contribution is 2.49. The monoisotopic (exact) mass is 380 g/mol. The maximum atomic E-state index is 12.3. The van der Waals surface area contributed by atoms with Gasteiger partial charge >= 0.3 is 6.09 Å². The Kier molecular flexibility index (Phi) is 4.26. The largest absolute Gasteiger partial charge is 0.442 e. The van der Waals surface area contributed by atoms with Crippen molar-refractivity contribution in [3.63, 3.8) is 0 Å². The number of anilines is 1. The molecule has 1 aromatic carbocycles. The van der Waals surface area contributed by atoms with Crippen LogP contribution in [-0.2, 0) is 16.8 Å². The molecule has 2 fully saturated rings. The minimum absolute atomic E-state index is 0.232. The van der Waals surface area contributed by atoms with Gasteiger partial charge in [0.2, 0.25) is 0 Å². The highest BCUT2D eigenvalue weighted by Gasteiger charge is 2.52. The van der Waals surface area contributed by atoms with Gasteiger partial charge in [-0.3, -0.25) is 9.69 Å². The van der Waals surface area contributed by atoms with Gasteiger partial charge in [-0.2, -0.15) is 0 Å². The summed E-state index contributed by atoms with van der Waals surface area (Å²) in [5.41, 5.74) is 1.62. The topological polar surface area (TPSA) is 84.9 Å². The number of rotatable bonds is 5. The zero-order valence-electron chi connectivity index (χ0n) is 15.7. The Balaban J connectivity index is 1.42. The van der Waals surface area contributed by atoms with E-state index < -0.39 is 12.2 Å². The van der Waals surface area contributed by atoms with Crippen molar-refractivity contribution in [1.29, 1.82) is 0 Å². The molecule has 1 aliphatic heterocycles. The molecule has 9 heteroatoms. The first-order valence-corrected chi connectivity index (χ1v) is 9.01. The molecule has 0 unspecified atom stereocenters. The van der Waals surface area contributed by atoms with Crippen molar-refractivity contribution >= 4 is 17.7 Å². The molecule has 28 heavy (non-hydrogen) atoms. The van der Waals surface area contributed by atoms with Crippen LogP contribution in [0.3, 0.4) is 0 Å². The molecule has 1 aromatic heterocycles. The van der Waals surface area contributed by atoms with Crippen LogP contribution in [0, 0.1) is 6.57 Å². The summed E-state index contributed by atoms with van der Waals surface area (Å²) >= 11 is 0. The van der Waals surface area contributed by atoms with Crippen molar-refractivity contribution in [2.24, 2.45) is 0 Å². The Bertz CT molecular complexity index is 955. The van der Waals surface area contributed by atoms with Crippen LogP contribution < -0.4 is 4.90 Å². The number of benzene rings is 1. The first-order valence-electron chi connectivity index (χ1n) is 9.01. The lowest BCUT2D eigenvalue weighted by atomic mass is 10.1. The van der Waals surface area contributed by atoms with Crippen LogP contribution in [0.1, 0.15) is 28.9 Å². The van der Waals surface area contributed by atoms with Gasteiger partial charge in [0.15, 0.2) is 5.69 Å². The zero-order valence-corrected chi connectivity index (χ0v) is 15.7. The van der Waals surface area contributed by atoms with E-state index in [0.29, 0.717) is 13.1 Å². The van der Waals surface area contributed by atoms with Gasteiger partial charge in [-0.1, -0.05) is 5.21 Å². The summed E-state index contributed by atoms with van der Waals surface area (Å²) in [5, 5.41) is 7.81. The smallest absolute Gasteiger partial charge is 0.414 e. The zero-order chi connectivity index (χ0) is 19.9. The summed E-state index contributed by atoms with van der Waals surface area (Å²) in [6.45, 7) is 8.04. The molecule has 1 atom stereocenters. The van der Waals surface area contributed by atoms with Crippen LogP contribution >= 0.6 is 0 Å². The van der Waals surface area contributed by atoms with Gasteiger partial charge in [-0.25, -0.2) is 16.0 Å². The molecule has 2 amide bonds. The number of cyclic esters (lactones) is 1. The van der Waals surface area contributed by atoms with Gasteiger partial charge < -0.3 is 14.5 Å². The Morgan fingerprint density at radius 1 is 1.36 bits per heavy atom. The lowest BCUT2D eigenvalue weighted by Crippen LogP contribution is -2.26. The van der Waals surface area contributed by atoms with Crippen molar-refractivity contribution in [2.75, 3.05) is 25.5 Å². The number of aromatic nitrogens is 3. The first kappa shape index (κ1) is 18.0. The van der Waals surface area contributed by atoms with Crippen LogP contribution in [0.4, 0.5) is 10.5 Å². The standard InChI is InChI=1S/C19H20N6O3/c1-20-19(8-9-19)13-4-6-14(7-5-13)25-11-15(28-18(25)27)10-24-12-16(21-22-24)17(26)23(2)3/h4-7,12,15H,8-11H2,2-3H3/t15-/m0/s1. The fourth-order valence-corrected chi connectivity index (χ4v) is 3.29. The second-order valence-corrected chi connectivity index (χ2v) is 7.33. The number of amides is 2. The molecule has 0 spiro atoms. The second kappa shape index (κ2) is 6.64. The molecule has 1 saturated heterocycles. The van der Waals surface area contributed by atoms with Gasteiger partial charge in [-0.15, -0.1) is 5.10 Å². The predicted octanol–water partition coefficient (Wildman–Crippen LogP) is 1.91. The Morgan fingerprint density at radius 2 is 2.07 bits per heavy atom. The molecule has 0 N–H and O–H groups in total. The molecule has 0 radical (unpaired) electrons. The molecular formula is C19H20N6O3. The average molecular weight is 380 g/mol. The van der Waals surface area contributed by atoms with Crippen LogP contribution in [0.2, 0.25) is 0 Å². The Hall–Kier alpha value is -3.41. The Morgan fingerprint density at radius 3 is 2.68 bits per heavy atom. The Labute approximate surface area is 162 Å². The van der Waals surface area contributed by atoms with Gasteiger partial charge in [-0.05, 0) is 24.3 Å². The molecular weight excluding hydrogens is 360 g/mol. The molecule has 9 nitrogen and oxygen atoms in total. The number of ether oxygens (including phenoxy) is 1. The fourth-order valence-electron chi connectivity index (χ4n) is 3.29. The average Bonchev–Trinajstić information content (AvgIpc) is 3.22. The van der Waals surface area contributed by atoms with Gasteiger partial charge in [0.05, 0.1) is 19.3 Å². The molecule has 4 rings (SSSR count). The summed E-state index contributed by atoms with van der Waals surface area (Å²) in [6, 6.07) is 7.54. The van der Waals surface area contributed by atoms with E-state index >= 15 is 0 Å². The van der Waals surface area contributed by atoms with Crippen molar-refractivity contribution < 1.29 is 14.3 Å². The van der Waals surface area contributed by atoms with Crippen LogP contribution in [0.25, 0.3) is 4.85 Å². The van der Waals surface area contributed by atoms with Gasteiger partial charge in [0, 0.05) is 38.2 Å². The van der Waals surface area contributed by atoms with E-state index in [1.165, 1.54) is 9.58 Å². The van der Waals surface area contributed by atoms with E-state index in [1.807, 2.05) is 24.3 Å². The number of nitrogens with zero attached hydrogens (tertiary/aromatic N) is 6. The summed E-state index contributed by atoms with van der Waals surface area (Å²) in [5.74, 6) is -0.232. The van der Waals surface area contributed by atoms with Gasteiger partial charge in [0.25, 0.3) is 11.4 Å². The van der Waals surface area contributed by atoms with Crippen LogP contribution in [-0.4, -0.2) is 58.6 Å². The highest BCUT2D eigenvalue weighted by atomic mass is 16.6. The summed E-state index contributed by atoms with van der Waals surface area (Å²) in [4.78, 5) is 30.9. The molecule has 2 aromatic rings. The van der Waals surface area contributed by atoms with E-state index in [0.717, 1.165) is 24.1 Å². The minimum Gasteiger partial charge on any atom is -0.442 e. The van der Waals surface area contributed by atoms with E-state index in [1.54, 1.807) is 25.2 Å². The molecule has 2 heterocycles. The maximum absolute atomic E-state index is 12.3. The van der Waals surface area contributed by atoms with E-state index in [4.69, 9.17) is 11.3 Å². The molecule has 2 aliphatic rings. The number of carbonyl (C=O) groups excluding carboxylic acids is 2. The van der Waals surface area contributed by atoms with E-state index in [9.17, 15) is 9.59 Å². The van der Waals surface area contributed by atoms with Crippen LogP contribution in [0.15, 0.2) is 30.5 Å². The normalized spacial score (nSPS) is 19.8. The van der Waals surface area contributed by atoms with Crippen molar-refractivity contribution in [1.82, 2.24) is 19.9 Å². The van der Waals surface area contributed by atoms with Crippen molar-refractivity contribution in [2.45, 2.75) is 31.0 Å². The lowest BCUT2D eigenvalue weighted by Gasteiger charge is -2.13. The van der Waals surface area contributed by atoms with Gasteiger partial charge in [0.1, 0.15) is 6.10 Å². The summed E-state index contributed by atoms with van der Waals surface area (Å²) in [6.07, 6.45) is 2.51. The third-order valence-corrected chi connectivity index (χ3v) is 5.08. The lowest BCUT2D eigenvalue weighted by molar-refractivity contribution is 0.0821. The summed E-state index contributed by atoms with van der Waals surface area (Å²) < 4.78 is 6.94. The maximum Gasteiger partial charge on any atom is 0.414 e. The van der Waals surface area contributed by atoms with Crippen molar-refractivity contribution in [3.05, 3.63) is 53.1 Å². The number of hydrogen-bond acceptors (Lipinski definition) is 5. The second-order valence-electron chi connectivity index (χ2n) is 7.33. The molecule has 1 saturated carbocycles. The quantitative estimate of drug-likeness (QED) is 0.740. The summed E-state index contributed by atoms with van der Waals surface area (Å²) in [7, 11) is 3.29. The third kappa shape index (κ3) is 3.17. The first-order chi connectivity index (χ1) is 13.4. The molecule has 0 bridgehead atoms. The number of carbonyl (C=O) groups is 2.